The molecule has 4 heteroatoms. The van der Waals surface area contributed by atoms with Crippen molar-refractivity contribution in [3.8, 4) is 0 Å². The average molecular weight is 368 g/mol. The summed E-state index contributed by atoms with van der Waals surface area (Å²) < 4.78 is 0. The van der Waals surface area contributed by atoms with Gasteiger partial charge in [-0.05, 0) is 67.3 Å². The van der Waals surface area contributed by atoms with E-state index in [-0.39, 0.29) is 0 Å². The van der Waals surface area contributed by atoms with Crippen molar-refractivity contribution in [2.24, 2.45) is 0 Å². The summed E-state index contributed by atoms with van der Waals surface area (Å²) in [6.07, 6.45) is 2.57. The lowest BCUT2D eigenvalue weighted by molar-refractivity contribution is 0.246. The number of nitrogens with zero attached hydrogens (tertiary/aromatic N) is 1. The van der Waals surface area contributed by atoms with Crippen LogP contribution >= 0.6 is 12.2 Å². The molecule has 3 nitrogen and oxygen atoms in total. The van der Waals surface area contributed by atoms with Gasteiger partial charge in [-0.15, -0.1) is 0 Å². The van der Waals surface area contributed by atoms with E-state index in [1.54, 1.807) is 0 Å². The monoisotopic (exact) mass is 367 g/mol. The van der Waals surface area contributed by atoms with Crippen molar-refractivity contribution in [2.75, 3.05) is 25.0 Å². The molecule has 1 atom stereocenters. The molecule has 2 aromatic carbocycles. The number of rotatable bonds is 6. The van der Waals surface area contributed by atoms with Crippen LogP contribution in [0.25, 0.3) is 0 Å². The minimum Gasteiger partial charge on any atom is -0.361 e. The third-order valence-electron chi connectivity index (χ3n) is 5.06. The Labute approximate surface area is 162 Å². The molecule has 0 spiro atoms. The highest BCUT2D eigenvalue weighted by Gasteiger charge is 2.23. The van der Waals surface area contributed by atoms with Gasteiger partial charge in [0, 0.05) is 12.2 Å². The Hall–Kier alpha value is -1.91. The Bertz CT molecular complexity index is 691. The molecule has 2 aromatic rings. The topological polar surface area (TPSA) is 27.3 Å². The minimum absolute atomic E-state index is 0.363. The number of hydrogen-bond donors (Lipinski definition) is 2. The van der Waals surface area contributed by atoms with E-state index in [1.807, 2.05) is 0 Å². The summed E-state index contributed by atoms with van der Waals surface area (Å²) in [5.74, 6) is 0.543. The van der Waals surface area contributed by atoms with Crippen LogP contribution in [-0.2, 0) is 0 Å². The first-order valence-corrected chi connectivity index (χ1v) is 9.98. The molecule has 3 rings (SSSR count). The highest BCUT2D eigenvalue weighted by atomic mass is 32.1. The number of benzene rings is 2. The van der Waals surface area contributed by atoms with Crippen molar-refractivity contribution >= 4 is 23.0 Å². The first kappa shape index (κ1) is 18.9. The minimum atomic E-state index is 0.363. The lowest BCUT2D eigenvalue weighted by Gasteiger charge is -2.28. The molecule has 1 fully saturated rings. The maximum Gasteiger partial charge on any atom is 0.170 e. The predicted octanol–water partition coefficient (Wildman–Crippen LogP) is 4.93. The van der Waals surface area contributed by atoms with Crippen molar-refractivity contribution in [1.82, 2.24) is 10.2 Å². The summed E-state index contributed by atoms with van der Waals surface area (Å²) in [7, 11) is 0. The average Bonchev–Trinajstić information content (AvgIpc) is 3.17. The normalized spacial score (nSPS) is 15.8. The summed E-state index contributed by atoms with van der Waals surface area (Å²) in [4.78, 5) is 2.56. The van der Waals surface area contributed by atoms with Crippen LogP contribution in [0.1, 0.15) is 49.8 Å². The summed E-state index contributed by atoms with van der Waals surface area (Å²) in [5.41, 5.74) is 3.72. The van der Waals surface area contributed by atoms with E-state index in [2.05, 4.69) is 84.0 Å². The number of anilines is 1. The van der Waals surface area contributed by atoms with Crippen molar-refractivity contribution in [3.05, 3.63) is 65.7 Å². The Morgan fingerprint density at radius 3 is 2.23 bits per heavy atom. The Balaban J connectivity index is 1.58. The van der Waals surface area contributed by atoms with Crippen molar-refractivity contribution in [2.45, 2.75) is 38.6 Å². The van der Waals surface area contributed by atoms with Crippen LogP contribution in [0.2, 0.25) is 0 Å². The van der Waals surface area contributed by atoms with Gasteiger partial charge in [-0.3, -0.25) is 4.90 Å². The van der Waals surface area contributed by atoms with Crippen LogP contribution in [0, 0.1) is 0 Å². The highest BCUT2D eigenvalue weighted by Crippen LogP contribution is 2.24. The van der Waals surface area contributed by atoms with Gasteiger partial charge in [-0.2, -0.15) is 0 Å². The van der Waals surface area contributed by atoms with E-state index in [0.717, 1.165) is 25.3 Å². The fourth-order valence-electron chi connectivity index (χ4n) is 3.50. The number of thiocarbonyl (C=S) groups is 1. The van der Waals surface area contributed by atoms with Crippen LogP contribution in [0.5, 0.6) is 0 Å². The molecule has 26 heavy (non-hydrogen) atoms. The lowest BCUT2D eigenvalue weighted by Crippen LogP contribution is -2.38. The standard InChI is InChI=1S/C22H29N3S/c1-17(2)18-10-12-20(13-11-18)24-22(26)23-16-21(25-14-6-7-15-25)19-8-4-3-5-9-19/h3-5,8-13,17,21H,6-7,14-16H2,1-2H3,(H2,23,24,26)/t21-/m1/s1. The molecule has 1 aliphatic rings. The maximum atomic E-state index is 5.52. The van der Waals surface area contributed by atoms with E-state index < -0.39 is 0 Å². The summed E-state index contributed by atoms with van der Waals surface area (Å²) in [5, 5.41) is 7.41. The largest absolute Gasteiger partial charge is 0.361 e. The molecule has 0 aromatic heterocycles. The van der Waals surface area contributed by atoms with Crippen LogP contribution in [0.3, 0.4) is 0 Å². The third kappa shape index (κ3) is 5.05. The van der Waals surface area contributed by atoms with E-state index >= 15 is 0 Å². The summed E-state index contributed by atoms with van der Waals surface area (Å²) in [6, 6.07) is 19.6. The van der Waals surface area contributed by atoms with Crippen molar-refractivity contribution in [3.63, 3.8) is 0 Å². The van der Waals surface area contributed by atoms with Crippen LogP contribution in [0.4, 0.5) is 5.69 Å². The fourth-order valence-corrected chi connectivity index (χ4v) is 3.70. The molecule has 0 saturated carbocycles. The molecule has 0 radical (unpaired) electrons. The lowest BCUT2D eigenvalue weighted by atomic mass is 10.0. The Morgan fingerprint density at radius 1 is 0.962 bits per heavy atom. The molecule has 0 aliphatic carbocycles. The predicted molar refractivity (Wildman–Crippen MR) is 115 cm³/mol. The third-order valence-corrected chi connectivity index (χ3v) is 5.30. The van der Waals surface area contributed by atoms with Gasteiger partial charge in [-0.25, -0.2) is 0 Å². The first-order valence-electron chi connectivity index (χ1n) is 9.57. The van der Waals surface area contributed by atoms with Gasteiger partial charge < -0.3 is 10.6 Å². The molecule has 0 unspecified atom stereocenters. The second-order valence-corrected chi connectivity index (χ2v) is 7.69. The Kier molecular flexibility index (Phi) is 6.64. The van der Waals surface area contributed by atoms with Crippen molar-refractivity contribution < 1.29 is 0 Å². The molecule has 1 saturated heterocycles. The van der Waals surface area contributed by atoms with Gasteiger partial charge in [0.15, 0.2) is 5.11 Å². The number of likely N-dealkylation sites (tertiary alicyclic amines) is 1. The second-order valence-electron chi connectivity index (χ2n) is 7.28. The van der Waals surface area contributed by atoms with Crippen LogP contribution in [-0.4, -0.2) is 29.6 Å². The van der Waals surface area contributed by atoms with Gasteiger partial charge in [-0.1, -0.05) is 56.3 Å². The number of hydrogen-bond acceptors (Lipinski definition) is 2. The van der Waals surface area contributed by atoms with Gasteiger partial charge in [0.05, 0.1) is 6.04 Å². The van der Waals surface area contributed by atoms with Crippen LogP contribution < -0.4 is 10.6 Å². The van der Waals surface area contributed by atoms with E-state index in [0.29, 0.717) is 17.1 Å². The SMILES string of the molecule is CC(C)c1ccc(NC(=S)NC[C@H](c2ccccc2)N2CCCC2)cc1. The van der Waals surface area contributed by atoms with Crippen molar-refractivity contribution in [1.29, 1.82) is 0 Å². The molecule has 138 valence electrons. The molecule has 0 bridgehead atoms. The van der Waals surface area contributed by atoms with Gasteiger partial charge in [0.2, 0.25) is 0 Å². The molecule has 1 heterocycles. The Morgan fingerprint density at radius 2 is 1.62 bits per heavy atom. The molecule has 1 aliphatic heterocycles. The van der Waals surface area contributed by atoms with E-state index in [1.165, 1.54) is 24.0 Å². The van der Waals surface area contributed by atoms with Crippen LogP contribution in [0.15, 0.2) is 54.6 Å². The second kappa shape index (κ2) is 9.15. The van der Waals surface area contributed by atoms with E-state index in [4.69, 9.17) is 12.2 Å². The molecule has 2 N–H and O–H groups in total. The maximum absolute atomic E-state index is 5.52. The smallest absolute Gasteiger partial charge is 0.170 e. The summed E-state index contributed by atoms with van der Waals surface area (Å²) in [6.45, 7) is 7.56. The zero-order valence-corrected chi connectivity index (χ0v) is 16.6. The van der Waals surface area contributed by atoms with E-state index in [9.17, 15) is 0 Å². The fraction of sp³-hybridized carbons (Fsp3) is 0.409. The quantitative estimate of drug-likeness (QED) is 0.708. The molecular weight excluding hydrogens is 338 g/mol. The first-order chi connectivity index (χ1) is 12.6. The van der Waals surface area contributed by atoms with Gasteiger partial charge in [0.25, 0.3) is 0 Å². The molecular formula is C22H29N3S. The molecule has 0 amide bonds. The van der Waals surface area contributed by atoms with Gasteiger partial charge in [0.1, 0.15) is 0 Å². The highest BCUT2D eigenvalue weighted by molar-refractivity contribution is 7.80. The zero-order chi connectivity index (χ0) is 18.4. The number of nitrogens with one attached hydrogen (secondary N) is 2. The summed E-state index contributed by atoms with van der Waals surface area (Å²) >= 11 is 5.52. The zero-order valence-electron chi connectivity index (χ0n) is 15.7. The van der Waals surface area contributed by atoms with Gasteiger partial charge >= 0.3 is 0 Å².